The lowest BCUT2D eigenvalue weighted by molar-refractivity contribution is 0.0236. The highest BCUT2D eigenvalue weighted by atomic mass is 16.5. The monoisotopic (exact) mass is 199 g/mol. The van der Waals surface area contributed by atoms with E-state index in [1.54, 1.807) is 7.11 Å². The molecule has 0 amide bonds. The summed E-state index contributed by atoms with van der Waals surface area (Å²) in [5.41, 5.74) is 1.26. The van der Waals surface area contributed by atoms with Crippen molar-refractivity contribution in [1.29, 1.82) is 0 Å². The molecule has 1 heterocycles. The maximum atomic E-state index is 5.35. The van der Waals surface area contributed by atoms with Crippen molar-refractivity contribution < 1.29 is 9.47 Å². The first-order chi connectivity index (χ1) is 6.64. The fraction of sp³-hybridized carbons (Fsp3) is 0.818. The number of ether oxygens (including phenoxy) is 2. The molecule has 14 heavy (non-hydrogen) atoms. The van der Waals surface area contributed by atoms with Crippen molar-refractivity contribution in [3.63, 3.8) is 0 Å². The highest BCUT2D eigenvalue weighted by molar-refractivity contribution is 5.06. The molecule has 0 fully saturated rings. The first-order valence-electron chi connectivity index (χ1n) is 5.15. The van der Waals surface area contributed by atoms with Gasteiger partial charge in [-0.25, -0.2) is 0 Å². The Labute approximate surface area is 86.5 Å². The molecular weight excluding hydrogens is 178 g/mol. The van der Waals surface area contributed by atoms with Crippen molar-refractivity contribution in [1.82, 2.24) is 5.32 Å². The lowest BCUT2D eigenvalue weighted by atomic mass is 10.1. The molecule has 0 saturated carbocycles. The van der Waals surface area contributed by atoms with Gasteiger partial charge in [-0.1, -0.05) is 6.08 Å². The molecule has 3 nitrogen and oxygen atoms in total. The Morgan fingerprint density at radius 3 is 2.93 bits per heavy atom. The van der Waals surface area contributed by atoms with Crippen LogP contribution in [0.2, 0.25) is 0 Å². The quantitative estimate of drug-likeness (QED) is 0.678. The van der Waals surface area contributed by atoms with Crippen LogP contribution in [0.1, 0.15) is 20.3 Å². The minimum absolute atomic E-state index is 0.0872. The number of hydrogen-bond acceptors (Lipinski definition) is 3. The van der Waals surface area contributed by atoms with Crippen LogP contribution in [0.3, 0.4) is 0 Å². The lowest BCUT2D eigenvalue weighted by Gasteiger charge is -2.24. The predicted molar refractivity (Wildman–Crippen MR) is 57.5 cm³/mol. The van der Waals surface area contributed by atoms with Crippen molar-refractivity contribution >= 4 is 0 Å². The van der Waals surface area contributed by atoms with Gasteiger partial charge < -0.3 is 14.8 Å². The smallest absolute Gasteiger partial charge is 0.0746 e. The molecule has 1 N–H and O–H groups in total. The molecule has 1 aliphatic heterocycles. The lowest BCUT2D eigenvalue weighted by Crippen LogP contribution is -2.38. The topological polar surface area (TPSA) is 30.5 Å². The van der Waals surface area contributed by atoms with Crippen molar-refractivity contribution in [2.75, 3.05) is 33.4 Å². The summed E-state index contributed by atoms with van der Waals surface area (Å²) in [7, 11) is 1.74. The Balaban J connectivity index is 2.17. The summed E-state index contributed by atoms with van der Waals surface area (Å²) in [6.45, 7) is 7.57. The standard InChI is InChI=1S/C11H21NO2/c1-11(2,13-3)9-12-7-10-5-4-6-14-8-10/h5,12H,4,6-9H2,1-3H3. The van der Waals surface area contributed by atoms with Gasteiger partial charge in [0.15, 0.2) is 0 Å². The van der Waals surface area contributed by atoms with Gasteiger partial charge in [-0.2, -0.15) is 0 Å². The highest BCUT2D eigenvalue weighted by Gasteiger charge is 2.15. The first kappa shape index (κ1) is 11.7. The molecule has 0 aromatic carbocycles. The molecule has 0 saturated heterocycles. The van der Waals surface area contributed by atoms with E-state index in [0.717, 1.165) is 32.7 Å². The van der Waals surface area contributed by atoms with E-state index in [9.17, 15) is 0 Å². The maximum Gasteiger partial charge on any atom is 0.0746 e. The van der Waals surface area contributed by atoms with Gasteiger partial charge in [-0.3, -0.25) is 0 Å². The fourth-order valence-electron chi connectivity index (χ4n) is 1.33. The average molecular weight is 199 g/mol. The molecular formula is C11H21NO2. The van der Waals surface area contributed by atoms with Gasteiger partial charge in [0, 0.05) is 20.2 Å². The summed E-state index contributed by atoms with van der Waals surface area (Å²) in [6, 6.07) is 0. The Bertz CT molecular complexity index is 199. The van der Waals surface area contributed by atoms with Crippen LogP contribution in [0.15, 0.2) is 11.6 Å². The summed E-state index contributed by atoms with van der Waals surface area (Å²) >= 11 is 0. The molecule has 1 aliphatic rings. The zero-order valence-corrected chi connectivity index (χ0v) is 9.43. The van der Waals surface area contributed by atoms with Crippen LogP contribution in [0.4, 0.5) is 0 Å². The molecule has 1 rings (SSSR count). The zero-order valence-electron chi connectivity index (χ0n) is 9.43. The van der Waals surface area contributed by atoms with Crippen LogP contribution in [-0.4, -0.2) is 39.0 Å². The third-order valence-corrected chi connectivity index (χ3v) is 2.44. The molecule has 0 radical (unpaired) electrons. The minimum atomic E-state index is -0.0872. The molecule has 0 bridgehead atoms. The van der Waals surface area contributed by atoms with Crippen LogP contribution in [0.25, 0.3) is 0 Å². The number of nitrogens with one attached hydrogen (secondary N) is 1. The Hall–Kier alpha value is -0.380. The van der Waals surface area contributed by atoms with Crippen molar-refractivity contribution in [2.24, 2.45) is 0 Å². The fourth-order valence-corrected chi connectivity index (χ4v) is 1.33. The van der Waals surface area contributed by atoms with Gasteiger partial charge in [0.2, 0.25) is 0 Å². The summed E-state index contributed by atoms with van der Waals surface area (Å²) < 4.78 is 10.7. The van der Waals surface area contributed by atoms with E-state index in [2.05, 4.69) is 25.2 Å². The third-order valence-electron chi connectivity index (χ3n) is 2.44. The predicted octanol–water partition coefficient (Wildman–Crippen LogP) is 1.35. The second-order valence-corrected chi connectivity index (χ2v) is 4.27. The van der Waals surface area contributed by atoms with Crippen molar-refractivity contribution in [2.45, 2.75) is 25.9 Å². The molecule has 0 unspecified atom stereocenters. The summed E-state index contributed by atoms with van der Waals surface area (Å²) in [6.07, 6.45) is 3.31. The molecule has 82 valence electrons. The van der Waals surface area contributed by atoms with Gasteiger partial charge in [0.25, 0.3) is 0 Å². The summed E-state index contributed by atoms with van der Waals surface area (Å²) in [4.78, 5) is 0. The SMILES string of the molecule is COC(C)(C)CNCC1=CCCOC1. The van der Waals surface area contributed by atoms with Crippen LogP contribution in [0, 0.1) is 0 Å². The highest BCUT2D eigenvalue weighted by Crippen LogP contribution is 2.07. The Morgan fingerprint density at radius 2 is 2.36 bits per heavy atom. The molecule has 3 heteroatoms. The summed E-state index contributed by atoms with van der Waals surface area (Å²) in [5.74, 6) is 0. The molecule has 0 aromatic rings. The Morgan fingerprint density at radius 1 is 1.57 bits per heavy atom. The molecule has 0 spiro atoms. The van der Waals surface area contributed by atoms with E-state index >= 15 is 0 Å². The van der Waals surface area contributed by atoms with Crippen LogP contribution >= 0.6 is 0 Å². The normalized spacial score (nSPS) is 18.1. The maximum absolute atomic E-state index is 5.35. The Kier molecular flexibility index (Phi) is 4.58. The molecule has 0 aliphatic carbocycles. The van der Waals surface area contributed by atoms with Gasteiger partial charge in [-0.15, -0.1) is 0 Å². The third kappa shape index (κ3) is 4.22. The first-order valence-corrected chi connectivity index (χ1v) is 5.15. The molecule has 0 atom stereocenters. The average Bonchev–Trinajstić information content (AvgIpc) is 2.19. The van der Waals surface area contributed by atoms with Gasteiger partial charge in [0.1, 0.15) is 0 Å². The van der Waals surface area contributed by atoms with E-state index in [4.69, 9.17) is 9.47 Å². The van der Waals surface area contributed by atoms with E-state index in [1.807, 2.05) is 0 Å². The van der Waals surface area contributed by atoms with Gasteiger partial charge in [-0.05, 0) is 25.8 Å². The second-order valence-electron chi connectivity index (χ2n) is 4.27. The summed E-state index contributed by atoms with van der Waals surface area (Å²) in [5, 5.41) is 3.37. The van der Waals surface area contributed by atoms with Crippen LogP contribution < -0.4 is 5.32 Å². The van der Waals surface area contributed by atoms with E-state index < -0.39 is 0 Å². The van der Waals surface area contributed by atoms with Crippen molar-refractivity contribution in [3.8, 4) is 0 Å². The zero-order chi connectivity index (χ0) is 10.4. The molecule has 0 aromatic heterocycles. The number of methoxy groups -OCH3 is 1. The van der Waals surface area contributed by atoms with Crippen molar-refractivity contribution in [3.05, 3.63) is 11.6 Å². The second kappa shape index (κ2) is 5.49. The number of rotatable bonds is 5. The number of hydrogen-bond donors (Lipinski definition) is 1. The van der Waals surface area contributed by atoms with Gasteiger partial charge >= 0.3 is 0 Å². The van der Waals surface area contributed by atoms with Crippen LogP contribution in [-0.2, 0) is 9.47 Å². The van der Waals surface area contributed by atoms with E-state index in [1.165, 1.54) is 5.57 Å². The van der Waals surface area contributed by atoms with E-state index in [0.29, 0.717) is 0 Å². The largest absolute Gasteiger partial charge is 0.377 e. The van der Waals surface area contributed by atoms with Gasteiger partial charge in [0.05, 0.1) is 18.8 Å². The van der Waals surface area contributed by atoms with Crippen LogP contribution in [0.5, 0.6) is 0 Å². The van der Waals surface area contributed by atoms with E-state index in [-0.39, 0.29) is 5.60 Å². The minimum Gasteiger partial charge on any atom is -0.377 e.